The van der Waals surface area contributed by atoms with Crippen LogP contribution in [0.3, 0.4) is 0 Å². The van der Waals surface area contributed by atoms with Gasteiger partial charge in [0.2, 0.25) is 0 Å². The average Bonchev–Trinajstić information content (AvgIpc) is 2.85. The van der Waals surface area contributed by atoms with Crippen LogP contribution in [0.4, 0.5) is 5.82 Å². The zero-order valence-corrected chi connectivity index (χ0v) is 10.3. The zero-order valence-electron chi connectivity index (χ0n) is 10.3. The first-order valence-corrected chi connectivity index (χ1v) is 6.16. The number of rotatable bonds is 4. The van der Waals surface area contributed by atoms with Gasteiger partial charge in [0.25, 0.3) is 5.56 Å². The maximum atomic E-state index is 11.9. The quantitative estimate of drug-likeness (QED) is 0.856. The molecule has 0 amide bonds. The standard InChI is InChI=1S/C12H19N3O2/c1-3-15-7-6-13-11(12(15)16)14-9(2)10-5-4-8-17-10/h6-7,9-10H,3-5,8H2,1-2H3,(H,13,14). The lowest BCUT2D eigenvalue weighted by molar-refractivity contribution is 0.0995. The van der Waals surface area contributed by atoms with Crippen molar-refractivity contribution in [2.24, 2.45) is 0 Å². The topological polar surface area (TPSA) is 56.1 Å². The highest BCUT2D eigenvalue weighted by Gasteiger charge is 2.23. The van der Waals surface area contributed by atoms with Crippen molar-refractivity contribution in [1.29, 1.82) is 0 Å². The van der Waals surface area contributed by atoms with E-state index in [4.69, 9.17) is 4.74 Å². The average molecular weight is 237 g/mol. The number of aromatic nitrogens is 2. The molecule has 1 aliphatic rings. The predicted molar refractivity (Wildman–Crippen MR) is 66.2 cm³/mol. The highest BCUT2D eigenvalue weighted by Crippen LogP contribution is 2.17. The Morgan fingerprint density at radius 3 is 3.18 bits per heavy atom. The normalized spacial score (nSPS) is 21.4. The Bertz CT molecular complexity index is 424. The second-order valence-corrected chi connectivity index (χ2v) is 4.35. The summed E-state index contributed by atoms with van der Waals surface area (Å²) in [5, 5.41) is 3.16. The molecule has 0 aliphatic carbocycles. The number of anilines is 1. The number of nitrogens with one attached hydrogen (secondary N) is 1. The van der Waals surface area contributed by atoms with Gasteiger partial charge in [-0.15, -0.1) is 0 Å². The zero-order chi connectivity index (χ0) is 12.3. The molecular weight excluding hydrogens is 218 g/mol. The number of nitrogens with zero attached hydrogens (tertiary/aromatic N) is 2. The summed E-state index contributed by atoms with van der Waals surface area (Å²) in [6.07, 6.45) is 5.67. The van der Waals surface area contributed by atoms with Crippen LogP contribution in [0.25, 0.3) is 0 Å². The van der Waals surface area contributed by atoms with Crippen molar-refractivity contribution in [2.75, 3.05) is 11.9 Å². The molecule has 2 unspecified atom stereocenters. The van der Waals surface area contributed by atoms with Gasteiger partial charge in [0.05, 0.1) is 12.1 Å². The first kappa shape index (κ1) is 12.1. The maximum absolute atomic E-state index is 11.9. The van der Waals surface area contributed by atoms with Crippen LogP contribution in [-0.4, -0.2) is 28.3 Å². The van der Waals surface area contributed by atoms with E-state index in [-0.39, 0.29) is 17.7 Å². The first-order valence-electron chi connectivity index (χ1n) is 6.16. The van der Waals surface area contributed by atoms with E-state index in [9.17, 15) is 4.79 Å². The van der Waals surface area contributed by atoms with E-state index in [1.165, 1.54) is 0 Å². The fraction of sp³-hybridized carbons (Fsp3) is 0.667. The molecule has 1 N–H and O–H groups in total. The molecule has 0 spiro atoms. The van der Waals surface area contributed by atoms with E-state index in [1.54, 1.807) is 17.0 Å². The van der Waals surface area contributed by atoms with Gasteiger partial charge in [-0.1, -0.05) is 0 Å². The van der Waals surface area contributed by atoms with E-state index in [0.29, 0.717) is 12.4 Å². The second-order valence-electron chi connectivity index (χ2n) is 4.35. The molecule has 94 valence electrons. The number of aryl methyl sites for hydroxylation is 1. The Morgan fingerprint density at radius 2 is 2.53 bits per heavy atom. The van der Waals surface area contributed by atoms with Crippen LogP contribution in [0.15, 0.2) is 17.2 Å². The Morgan fingerprint density at radius 1 is 1.71 bits per heavy atom. The molecular formula is C12H19N3O2. The summed E-state index contributed by atoms with van der Waals surface area (Å²) >= 11 is 0. The van der Waals surface area contributed by atoms with Gasteiger partial charge in [-0.25, -0.2) is 4.98 Å². The van der Waals surface area contributed by atoms with Crippen molar-refractivity contribution < 1.29 is 4.74 Å². The highest BCUT2D eigenvalue weighted by atomic mass is 16.5. The van der Waals surface area contributed by atoms with E-state index >= 15 is 0 Å². The summed E-state index contributed by atoms with van der Waals surface area (Å²) in [5.41, 5.74) is -0.0696. The molecule has 0 bridgehead atoms. The van der Waals surface area contributed by atoms with E-state index in [0.717, 1.165) is 19.4 Å². The molecule has 2 heterocycles. The molecule has 5 nitrogen and oxygen atoms in total. The first-order chi connectivity index (χ1) is 8.22. The minimum atomic E-state index is -0.0696. The van der Waals surface area contributed by atoms with Gasteiger partial charge >= 0.3 is 0 Å². The number of ether oxygens (including phenoxy) is 1. The van der Waals surface area contributed by atoms with Gasteiger partial charge < -0.3 is 14.6 Å². The molecule has 2 rings (SSSR count). The van der Waals surface area contributed by atoms with Crippen LogP contribution in [0.5, 0.6) is 0 Å². The van der Waals surface area contributed by atoms with E-state index < -0.39 is 0 Å². The fourth-order valence-corrected chi connectivity index (χ4v) is 2.10. The van der Waals surface area contributed by atoms with Crippen LogP contribution in [0.2, 0.25) is 0 Å². The molecule has 5 heteroatoms. The molecule has 17 heavy (non-hydrogen) atoms. The Labute approximate surface area is 101 Å². The molecule has 0 aromatic carbocycles. The summed E-state index contributed by atoms with van der Waals surface area (Å²) in [4.78, 5) is 16.0. The molecule has 0 saturated carbocycles. The SMILES string of the molecule is CCn1ccnc(NC(C)C2CCCO2)c1=O. The van der Waals surface area contributed by atoms with Crippen molar-refractivity contribution >= 4 is 5.82 Å². The molecule has 1 aromatic heterocycles. The Hall–Kier alpha value is -1.36. The van der Waals surface area contributed by atoms with Crippen molar-refractivity contribution in [2.45, 2.75) is 45.4 Å². The lowest BCUT2D eigenvalue weighted by Gasteiger charge is -2.20. The lowest BCUT2D eigenvalue weighted by atomic mass is 10.1. The van der Waals surface area contributed by atoms with Crippen LogP contribution in [0.1, 0.15) is 26.7 Å². The minimum Gasteiger partial charge on any atom is -0.376 e. The summed E-state index contributed by atoms with van der Waals surface area (Å²) in [6, 6.07) is 0.116. The molecule has 1 saturated heterocycles. The van der Waals surface area contributed by atoms with Crippen LogP contribution < -0.4 is 10.9 Å². The maximum Gasteiger partial charge on any atom is 0.293 e. The van der Waals surface area contributed by atoms with Crippen molar-refractivity contribution in [3.8, 4) is 0 Å². The monoisotopic (exact) mass is 237 g/mol. The van der Waals surface area contributed by atoms with E-state index in [1.807, 2.05) is 13.8 Å². The Kier molecular flexibility index (Phi) is 3.78. The van der Waals surface area contributed by atoms with Crippen molar-refractivity contribution in [3.05, 3.63) is 22.7 Å². The van der Waals surface area contributed by atoms with Gasteiger partial charge in [0.1, 0.15) is 0 Å². The van der Waals surface area contributed by atoms with Gasteiger partial charge in [0.15, 0.2) is 5.82 Å². The summed E-state index contributed by atoms with van der Waals surface area (Å²) in [7, 11) is 0. The summed E-state index contributed by atoms with van der Waals surface area (Å²) in [6.45, 7) is 5.44. The van der Waals surface area contributed by atoms with Crippen LogP contribution >= 0.6 is 0 Å². The minimum absolute atomic E-state index is 0.0696. The van der Waals surface area contributed by atoms with Gasteiger partial charge in [-0.05, 0) is 26.7 Å². The highest BCUT2D eigenvalue weighted by molar-refractivity contribution is 5.32. The van der Waals surface area contributed by atoms with E-state index in [2.05, 4.69) is 10.3 Å². The van der Waals surface area contributed by atoms with Crippen LogP contribution in [-0.2, 0) is 11.3 Å². The smallest absolute Gasteiger partial charge is 0.293 e. The fourth-order valence-electron chi connectivity index (χ4n) is 2.10. The largest absolute Gasteiger partial charge is 0.376 e. The molecule has 1 aliphatic heterocycles. The second kappa shape index (κ2) is 5.31. The third kappa shape index (κ3) is 2.66. The van der Waals surface area contributed by atoms with Gasteiger partial charge in [-0.3, -0.25) is 4.79 Å². The Balaban J connectivity index is 2.10. The number of hydrogen-bond acceptors (Lipinski definition) is 4. The van der Waals surface area contributed by atoms with Gasteiger partial charge in [0, 0.05) is 25.5 Å². The number of hydrogen-bond donors (Lipinski definition) is 1. The summed E-state index contributed by atoms with van der Waals surface area (Å²) in [5.74, 6) is 0.414. The molecule has 1 fully saturated rings. The summed E-state index contributed by atoms with van der Waals surface area (Å²) < 4.78 is 7.22. The van der Waals surface area contributed by atoms with Crippen LogP contribution in [0, 0.1) is 0 Å². The van der Waals surface area contributed by atoms with Gasteiger partial charge in [-0.2, -0.15) is 0 Å². The lowest BCUT2D eigenvalue weighted by Crippen LogP contribution is -2.34. The molecule has 0 radical (unpaired) electrons. The van der Waals surface area contributed by atoms with Crippen molar-refractivity contribution in [1.82, 2.24) is 9.55 Å². The van der Waals surface area contributed by atoms with Crippen molar-refractivity contribution in [3.63, 3.8) is 0 Å². The third-order valence-corrected chi connectivity index (χ3v) is 3.14. The molecule has 2 atom stereocenters. The third-order valence-electron chi connectivity index (χ3n) is 3.14. The predicted octanol–water partition coefficient (Wildman–Crippen LogP) is 1.24. The molecule has 1 aromatic rings.